The van der Waals surface area contributed by atoms with Crippen molar-refractivity contribution in [1.82, 2.24) is 0 Å². The lowest BCUT2D eigenvalue weighted by atomic mass is 10.2. The van der Waals surface area contributed by atoms with Gasteiger partial charge in [-0.05, 0) is 70.1 Å². The fourth-order valence-electron chi connectivity index (χ4n) is 2.56. The Labute approximate surface area is 173 Å². The van der Waals surface area contributed by atoms with Crippen LogP contribution in [0.15, 0.2) is 66.7 Å². The van der Waals surface area contributed by atoms with Crippen molar-refractivity contribution in [2.45, 2.75) is 13.2 Å². The number of ether oxygens (including phenoxy) is 4. The Morgan fingerprint density at radius 1 is 0.630 bits per heavy atom. The van der Waals surface area contributed by atoms with Crippen molar-refractivity contribution >= 4 is 22.6 Å². The van der Waals surface area contributed by atoms with E-state index in [0.29, 0.717) is 13.2 Å². The molecule has 4 nitrogen and oxygen atoms in total. The molecule has 0 fully saturated rings. The predicted octanol–water partition coefficient (Wildman–Crippen LogP) is 5.47. The minimum absolute atomic E-state index is 0.465. The summed E-state index contributed by atoms with van der Waals surface area (Å²) in [5, 5.41) is 0. The molecule has 0 aromatic heterocycles. The Bertz CT molecular complexity index is 825. The first-order valence-electron chi connectivity index (χ1n) is 8.48. The molecule has 0 heterocycles. The molecule has 0 unspecified atom stereocenters. The van der Waals surface area contributed by atoms with Crippen LogP contribution >= 0.6 is 22.6 Å². The summed E-state index contributed by atoms with van der Waals surface area (Å²) >= 11 is 2.26. The molecular formula is C22H21IO4. The third-order valence-corrected chi connectivity index (χ3v) is 4.55. The number of halogens is 1. The molecule has 0 aliphatic carbocycles. The van der Waals surface area contributed by atoms with Gasteiger partial charge in [0.2, 0.25) is 0 Å². The molecule has 3 aromatic carbocycles. The summed E-state index contributed by atoms with van der Waals surface area (Å²) in [6, 6.07) is 21.6. The Balaban J connectivity index is 1.64. The second-order valence-corrected chi connectivity index (χ2v) is 7.15. The average molecular weight is 476 g/mol. The molecule has 5 heteroatoms. The molecule has 0 radical (unpaired) electrons. The van der Waals surface area contributed by atoms with Crippen LogP contribution in [0.5, 0.6) is 23.0 Å². The van der Waals surface area contributed by atoms with Crippen molar-refractivity contribution < 1.29 is 18.9 Å². The van der Waals surface area contributed by atoms with Crippen LogP contribution in [-0.2, 0) is 13.2 Å². The van der Waals surface area contributed by atoms with Gasteiger partial charge in [-0.25, -0.2) is 0 Å². The van der Waals surface area contributed by atoms with E-state index in [1.807, 2.05) is 66.7 Å². The Morgan fingerprint density at radius 3 is 1.56 bits per heavy atom. The van der Waals surface area contributed by atoms with Crippen molar-refractivity contribution in [3.63, 3.8) is 0 Å². The average Bonchev–Trinajstić information content (AvgIpc) is 2.71. The maximum atomic E-state index is 5.94. The van der Waals surface area contributed by atoms with Crippen LogP contribution in [0.25, 0.3) is 0 Å². The van der Waals surface area contributed by atoms with Crippen LogP contribution in [0.2, 0.25) is 0 Å². The van der Waals surface area contributed by atoms with Crippen molar-refractivity contribution in [3.05, 3.63) is 81.4 Å². The predicted molar refractivity (Wildman–Crippen MR) is 114 cm³/mol. The van der Waals surface area contributed by atoms with Crippen LogP contribution in [0.3, 0.4) is 0 Å². The molecule has 27 heavy (non-hydrogen) atoms. The summed E-state index contributed by atoms with van der Waals surface area (Å²) in [4.78, 5) is 0. The summed E-state index contributed by atoms with van der Waals surface area (Å²) < 4.78 is 23.4. The fraction of sp³-hybridized carbons (Fsp3) is 0.182. The molecule has 0 saturated carbocycles. The Kier molecular flexibility index (Phi) is 6.81. The zero-order valence-corrected chi connectivity index (χ0v) is 17.4. The van der Waals surface area contributed by atoms with Crippen molar-refractivity contribution in [3.8, 4) is 23.0 Å². The molecular weight excluding hydrogens is 455 g/mol. The Hall–Kier alpha value is -2.41. The molecule has 3 aromatic rings. The van der Waals surface area contributed by atoms with Gasteiger partial charge < -0.3 is 18.9 Å². The second kappa shape index (κ2) is 9.50. The maximum Gasteiger partial charge on any atom is 0.124 e. The van der Waals surface area contributed by atoms with Crippen molar-refractivity contribution in [2.24, 2.45) is 0 Å². The van der Waals surface area contributed by atoms with Crippen molar-refractivity contribution in [1.29, 1.82) is 0 Å². The van der Waals surface area contributed by atoms with Crippen LogP contribution in [-0.4, -0.2) is 14.2 Å². The molecule has 0 bridgehead atoms. The normalized spacial score (nSPS) is 10.3. The molecule has 0 spiro atoms. The zero-order chi connectivity index (χ0) is 19.1. The first kappa shape index (κ1) is 19.4. The van der Waals surface area contributed by atoms with Crippen LogP contribution < -0.4 is 18.9 Å². The summed E-state index contributed by atoms with van der Waals surface area (Å²) in [6.45, 7) is 0.930. The van der Waals surface area contributed by atoms with Gasteiger partial charge in [0.15, 0.2) is 0 Å². The standard InChI is InChI=1S/C22H21IO4/c1-24-19-7-3-5-16(9-19)14-26-21-11-18(23)12-22(13-21)27-15-17-6-4-8-20(10-17)25-2/h3-13H,14-15H2,1-2H3. The number of benzene rings is 3. The lowest BCUT2D eigenvalue weighted by Crippen LogP contribution is -1.99. The smallest absolute Gasteiger partial charge is 0.124 e. The van der Waals surface area contributed by atoms with E-state index in [1.165, 1.54) is 0 Å². The minimum atomic E-state index is 0.465. The lowest BCUT2D eigenvalue weighted by Gasteiger charge is -2.12. The van der Waals surface area contributed by atoms with Gasteiger partial charge in [0.1, 0.15) is 36.2 Å². The molecule has 0 aliphatic heterocycles. The van der Waals surface area contributed by atoms with Gasteiger partial charge in [-0.3, -0.25) is 0 Å². The first-order chi connectivity index (χ1) is 13.2. The van der Waals surface area contributed by atoms with Gasteiger partial charge >= 0.3 is 0 Å². The van der Waals surface area contributed by atoms with Gasteiger partial charge in [-0.1, -0.05) is 24.3 Å². The number of hydrogen-bond acceptors (Lipinski definition) is 4. The summed E-state index contributed by atoms with van der Waals surface area (Å²) in [5.74, 6) is 3.18. The first-order valence-corrected chi connectivity index (χ1v) is 9.56. The second-order valence-electron chi connectivity index (χ2n) is 5.90. The number of methoxy groups -OCH3 is 2. The monoisotopic (exact) mass is 476 g/mol. The molecule has 3 rings (SSSR count). The van der Waals surface area contributed by atoms with Gasteiger partial charge in [0.25, 0.3) is 0 Å². The molecule has 0 atom stereocenters. The topological polar surface area (TPSA) is 36.9 Å². The van der Waals surface area contributed by atoms with Gasteiger partial charge in [-0.15, -0.1) is 0 Å². The SMILES string of the molecule is COc1cccc(COc2cc(I)cc(OCc3cccc(OC)c3)c2)c1. The highest BCUT2D eigenvalue weighted by molar-refractivity contribution is 14.1. The highest BCUT2D eigenvalue weighted by atomic mass is 127. The highest BCUT2D eigenvalue weighted by Crippen LogP contribution is 2.26. The zero-order valence-electron chi connectivity index (χ0n) is 15.3. The van der Waals surface area contributed by atoms with E-state index in [0.717, 1.165) is 37.7 Å². The van der Waals surface area contributed by atoms with E-state index >= 15 is 0 Å². The quantitative estimate of drug-likeness (QED) is 0.405. The molecule has 0 aliphatic rings. The largest absolute Gasteiger partial charge is 0.497 e. The maximum absolute atomic E-state index is 5.94. The van der Waals surface area contributed by atoms with Gasteiger partial charge in [0.05, 0.1) is 14.2 Å². The van der Waals surface area contributed by atoms with E-state index in [-0.39, 0.29) is 0 Å². The van der Waals surface area contributed by atoms with E-state index in [1.54, 1.807) is 14.2 Å². The summed E-state index contributed by atoms with van der Waals surface area (Å²) in [7, 11) is 3.32. The van der Waals surface area contributed by atoms with Crippen LogP contribution in [0, 0.1) is 3.57 Å². The van der Waals surface area contributed by atoms with E-state index in [9.17, 15) is 0 Å². The lowest BCUT2D eigenvalue weighted by molar-refractivity contribution is 0.288. The Morgan fingerprint density at radius 2 is 1.11 bits per heavy atom. The van der Waals surface area contributed by atoms with E-state index in [2.05, 4.69) is 22.6 Å². The molecule has 0 amide bonds. The molecule has 140 valence electrons. The number of hydrogen-bond donors (Lipinski definition) is 0. The summed E-state index contributed by atoms with van der Waals surface area (Å²) in [6.07, 6.45) is 0. The third kappa shape index (κ3) is 5.79. The van der Waals surface area contributed by atoms with Crippen molar-refractivity contribution in [2.75, 3.05) is 14.2 Å². The number of rotatable bonds is 8. The van der Waals surface area contributed by atoms with Crippen LogP contribution in [0.1, 0.15) is 11.1 Å². The third-order valence-electron chi connectivity index (χ3n) is 3.92. The van der Waals surface area contributed by atoms with Crippen LogP contribution in [0.4, 0.5) is 0 Å². The van der Waals surface area contributed by atoms with Gasteiger partial charge in [-0.2, -0.15) is 0 Å². The fourth-order valence-corrected chi connectivity index (χ4v) is 3.18. The van der Waals surface area contributed by atoms with E-state index < -0.39 is 0 Å². The minimum Gasteiger partial charge on any atom is -0.497 e. The summed E-state index contributed by atoms with van der Waals surface area (Å²) in [5.41, 5.74) is 2.10. The van der Waals surface area contributed by atoms with Gasteiger partial charge in [0, 0.05) is 9.64 Å². The molecule has 0 N–H and O–H groups in total. The molecule has 0 saturated heterocycles. The highest BCUT2D eigenvalue weighted by Gasteiger charge is 2.05. The van der Waals surface area contributed by atoms with E-state index in [4.69, 9.17) is 18.9 Å².